The first kappa shape index (κ1) is 11.4. The van der Waals surface area contributed by atoms with Crippen molar-refractivity contribution in [1.29, 1.82) is 0 Å². The van der Waals surface area contributed by atoms with Crippen molar-refractivity contribution >= 4 is 11.9 Å². The average Bonchev–Trinajstić information content (AvgIpc) is 2.27. The molecular formula is C12H18O4. The van der Waals surface area contributed by atoms with Crippen LogP contribution in [0, 0.1) is 23.7 Å². The second-order valence-corrected chi connectivity index (χ2v) is 5.22. The lowest BCUT2D eigenvalue weighted by atomic mass is 9.65. The number of hydrogen-bond donors (Lipinski definition) is 2. The van der Waals surface area contributed by atoms with Crippen molar-refractivity contribution in [3.8, 4) is 0 Å². The lowest BCUT2D eigenvalue weighted by Gasteiger charge is -2.40. The molecular weight excluding hydrogens is 208 g/mol. The quantitative estimate of drug-likeness (QED) is 0.755. The van der Waals surface area contributed by atoms with E-state index in [0.29, 0.717) is 11.8 Å². The van der Waals surface area contributed by atoms with Gasteiger partial charge >= 0.3 is 11.9 Å². The van der Waals surface area contributed by atoms with Crippen molar-refractivity contribution in [1.82, 2.24) is 0 Å². The van der Waals surface area contributed by atoms with Gasteiger partial charge in [0.1, 0.15) is 0 Å². The van der Waals surface area contributed by atoms with Gasteiger partial charge in [0.05, 0.1) is 11.8 Å². The summed E-state index contributed by atoms with van der Waals surface area (Å²) in [7, 11) is 0. The summed E-state index contributed by atoms with van der Waals surface area (Å²) in [6.07, 6.45) is 4.75. The molecule has 90 valence electrons. The van der Waals surface area contributed by atoms with Gasteiger partial charge in [0.2, 0.25) is 0 Å². The van der Waals surface area contributed by atoms with Gasteiger partial charge in [0.25, 0.3) is 0 Å². The highest BCUT2D eigenvalue weighted by atomic mass is 16.4. The highest BCUT2D eigenvalue weighted by molar-refractivity contribution is 5.71. The molecule has 0 spiro atoms. The summed E-state index contributed by atoms with van der Waals surface area (Å²) in [6, 6.07) is 0. The van der Waals surface area contributed by atoms with Crippen LogP contribution in [0.15, 0.2) is 0 Å². The van der Waals surface area contributed by atoms with E-state index in [1.54, 1.807) is 0 Å². The smallest absolute Gasteiger partial charge is 0.306 e. The molecule has 0 aliphatic heterocycles. The summed E-state index contributed by atoms with van der Waals surface area (Å²) in [4.78, 5) is 21.8. The Morgan fingerprint density at radius 1 is 0.750 bits per heavy atom. The minimum atomic E-state index is -0.682. The first-order chi connectivity index (χ1) is 7.58. The number of hydrogen-bond acceptors (Lipinski definition) is 2. The Balaban J connectivity index is 1.95. The molecule has 4 nitrogen and oxygen atoms in total. The summed E-state index contributed by atoms with van der Waals surface area (Å²) in [6.45, 7) is 0. The third-order valence-corrected chi connectivity index (χ3v) is 4.31. The van der Waals surface area contributed by atoms with Gasteiger partial charge in [-0.15, -0.1) is 0 Å². The average molecular weight is 226 g/mol. The van der Waals surface area contributed by atoms with Gasteiger partial charge in [-0.05, 0) is 50.4 Å². The molecule has 2 saturated carbocycles. The molecule has 0 aromatic carbocycles. The van der Waals surface area contributed by atoms with Crippen molar-refractivity contribution in [2.45, 2.75) is 38.5 Å². The van der Waals surface area contributed by atoms with E-state index in [1.807, 2.05) is 0 Å². The third kappa shape index (κ3) is 2.20. The molecule has 2 rings (SSSR count). The molecule has 4 atom stereocenters. The zero-order valence-electron chi connectivity index (χ0n) is 9.26. The van der Waals surface area contributed by atoms with Crippen molar-refractivity contribution in [2.75, 3.05) is 0 Å². The van der Waals surface area contributed by atoms with E-state index in [9.17, 15) is 9.59 Å². The van der Waals surface area contributed by atoms with Crippen LogP contribution in [0.5, 0.6) is 0 Å². The van der Waals surface area contributed by atoms with Crippen molar-refractivity contribution in [3.63, 3.8) is 0 Å². The van der Waals surface area contributed by atoms with Crippen molar-refractivity contribution in [3.05, 3.63) is 0 Å². The van der Waals surface area contributed by atoms with Crippen LogP contribution >= 0.6 is 0 Å². The van der Waals surface area contributed by atoms with Crippen molar-refractivity contribution < 1.29 is 19.8 Å². The maximum absolute atomic E-state index is 10.9. The Hall–Kier alpha value is -1.06. The minimum absolute atomic E-state index is 0.192. The first-order valence-corrected chi connectivity index (χ1v) is 6.03. The van der Waals surface area contributed by atoms with Crippen molar-refractivity contribution in [2.24, 2.45) is 23.7 Å². The van der Waals surface area contributed by atoms with Crippen LogP contribution in [0.25, 0.3) is 0 Å². The summed E-state index contributed by atoms with van der Waals surface area (Å²) in [5.41, 5.74) is 0. The van der Waals surface area contributed by atoms with Gasteiger partial charge < -0.3 is 10.2 Å². The second-order valence-electron chi connectivity index (χ2n) is 5.22. The molecule has 4 heteroatoms. The lowest BCUT2D eigenvalue weighted by molar-refractivity contribution is -0.148. The molecule has 0 radical (unpaired) electrons. The number of carbonyl (C=O) groups is 2. The van der Waals surface area contributed by atoms with Crippen LogP contribution in [0.3, 0.4) is 0 Å². The minimum Gasteiger partial charge on any atom is -0.481 e. The van der Waals surface area contributed by atoms with Crippen LogP contribution in [0.2, 0.25) is 0 Å². The molecule has 2 N–H and O–H groups in total. The zero-order valence-corrected chi connectivity index (χ0v) is 9.26. The van der Waals surface area contributed by atoms with Gasteiger partial charge in [-0.3, -0.25) is 9.59 Å². The Morgan fingerprint density at radius 2 is 1.12 bits per heavy atom. The molecule has 2 fully saturated rings. The molecule has 2 aliphatic carbocycles. The summed E-state index contributed by atoms with van der Waals surface area (Å²) >= 11 is 0. The molecule has 0 aromatic rings. The van der Waals surface area contributed by atoms with Gasteiger partial charge in [0, 0.05) is 0 Å². The fourth-order valence-corrected chi connectivity index (χ4v) is 3.34. The summed E-state index contributed by atoms with van der Waals surface area (Å²) in [5, 5.41) is 17.9. The van der Waals surface area contributed by atoms with E-state index in [4.69, 9.17) is 10.2 Å². The summed E-state index contributed by atoms with van der Waals surface area (Å²) < 4.78 is 0. The maximum atomic E-state index is 10.9. The normalized spacial score (nSPS) is 38.8. The number of carboxylic acid groups (broad SMARTS) is 2. The molecule has 16 heavy (non-hydrogen) atoms. The molecule has 4 unspecified atom stereocenters. The number of aliphatic carboxylic acids is 2. The first-order valence-electron chi connectivity index (χ1n) is 6.03. The SMILES string of the molecule is O=C(O)C1CCC2CC(C(=O)O)CCC2C1. The van der Waals surface area contributed by atoms with Gasteiger partial charge in [-0.2, -0.15) is 0 Å². The second kappa shape index (κ2) is 4.44. The van der Waals surface area contributed by atoms with E-state index < -0.39 is 11.9 Å². The molecule has 0 amide bonds. The van der Waals surface area contributed by atoms with E-state index in [2.05, 4.69) is 0 Å². The van der Waals surface area contributed by atoms with Crippen LogP contribution in [0.1, 0.15) is 38.5 Å². The zero-order chi connectivity index (χ0) is 11.7. The Bertz CT molecular complexity index is 269. The van der Waals surface area contributed by atoms with E-state index in [1.165, 1.54) is 0 Å². The van der Waals surface area contributed by atoms with Crippen LogP contribution < -0.4 is 0 Å². The molecule has 0 heterocycles. The number of carboxylic acids is 2. The summed E-state index contributed by atoms with van der Waals surface area (Å²) in [5.74, 6) is -0.848. The van der Waals surface area contributed by atoms with Gasteiger partial charge in [-0.25, -0.2) is 0 Å². The fraction of sp³-hybridized carbons (Fsp3) is 0.833. The number of fused-ring (bicyclic) bond motifs is 1. The Labute approximate surface area is 94.7 Å². The molecule has 0 saturated heterocycles. The lowest BCUT2D eigenvalue weighted by Crippen LogP contribution is -2.35. The number of rotatable bonds is 2. The predicted molar refractivity (Wildman–Crippen MR) is 56.9 cm³/mol. The largest absolute Gasteiger partial charge is 0.481 e. The van der Waals surface area contributed by atoms with Gasteiger partial charge in [0.15, 0.2) is 0 Å². The topological polar surface area (TPSA) is 74.6 Å². The van der Waals surface area contributed by atoms with E-state index in [-0.39, 0.29) is 11.8 Å². The standard InChI is InChI=1S/C12H18O4/c13-11(14)9-3-1-7-5-10(12(15)16)4-2-8(7)6-9/h7-10H,1-6H2,(H,13,14)(H,15,16). The highest BCUT2D eigenvalue weighted by Gasteiger charge is 2.39. The molecule has 2 aliphatic rings. The van der Waals surface area contributed by atoms with Crippen LogP contribution in [0.4, 0.5) is 0 Å². The van der Waals surface area contributed by atoms with Crippen LogP contribution in [-0.4, -0.2) is 22.2 Å². The van der Waals surface area contributed by atoms with Crippen LogP contribution in [-0.2, 0) is 9.59 Å². The Kier molecular flexibility index (Phi) is 3.17. The highest BCUT2D eigenvalue weighted by Crippen LogP contribution is 2.44. The van der Waals surface area contributed by atoms with Gasteiger partial charge in [-0.1, -0.05) is 0 Å². The van der Waals surface area contributed by atoms with E-state index >= 15 is 0 Å². The Morgan fingerprint density at radius 3 is 1.44 bits per heavy atom. The fourth-order valence-electron chi connectivity index (χ4n) is 3.34. The molecule has 0 aromatic heterocycles. The predicted octanol–water partition coefficient (Wildman–Crippen LogP) is 1.99. The third-order valence-electron chi connectivity index (χ3n) is 4.31. The monoisotopic (exact) mass is 226 g/mol. The molecule has 0 bridgehead atoms. The van der Waals surface area contributed by atoms with E-state index in [0.717, 1.165) is 38.5 Å². The maximum Gasteiger partial charge on any atom is 0.306 e.